The second-order valence-electron chi connectivity index (χ2n) is 2.65. The molecule has 2 rings (SSSR count). The Morgan fingerprint density at radius 1 is 1.27 bits per heavy atom. The van der Waals surface area contributed by atoms with Gasteiger partial charge in [-0.2, -0.15) is 0 Å². The van der Waals surface area contributed by atoms with E-state index in [1.54, 1.807) is 11.3 Å². The SMILES string of the molecule is CCc1ccc2sccc2c1. The van der Waals surface area contributed by atoms with Crippen LogP contribution in [0.15, 0.2) is 29.6 Å². The molecular formula is C10H10S. The monoisotopic (exact) mass is 162 g/mol. The summed E-state index contributed by atoms with van der Waals surface area (Å²) in [5.41, 5.74) is 1.43. The van der Waals surface area contributed by atoms with Crippen molar-refractivity contribution >= 4 is 21.4 Å². The minimum atomic E-state index is 1.13. The Bertz CT molecular complexity index is 360. The zero-order valence-corrected chi connectivity index (χ0v) is 7.32. The molecule has 0 nitrogen and oxygen atoms in total. The quantitative estimate of drug-likeness (QED) is 0.602. The molecule has 2 aromatic rings. The van der Waals surface area contributed by atoms with Gasteiger partial charge in [0.25, 0.3) is 0 Å². The van der Waals surface area contributed by atoms with Crippen molar-refractivity contribution in [3.05, 3.63) is 35.2 Å². The van der Waals surface area contributed by atoms with E-state index in [2.05, 4.69) is 36.6 Å². The van der Waals surface area contributed by atoms with Crippen molar-refractivity contribution in [1.29, 1.82) is 0 Å². The maximum Gasteiger partial charge on any atom is 0.0342 e. The molecular weight excluding hydrogens is 152 g/mol. The summed E-state index contributed by atoms with van der Waals surface area (Å²) < 4.78 is 1.39. The highest BCUT2D eigenvalue weighted by Crippen LogP contribution is 2.21. The summed E-state index contributed by atoms with van der Waals surface area (Å²) in [6.07, 6.45) is 1.13. The van der Waals surface area contributed by atoms with E-state index in [0.29, 0.717) is 0 Å². The molecule has 0 unspecified atom stereocenters. The van der Waals surface area contributed by atoms with Crippen LogP contribution >= 0.6 is 11.3 Å². The Morgan fingerprint density at radius 3 is 3.00 bits per heavy atom. The molecule has 0 aliphatic rings. The lowest BCUT2D eigenvalue weighted by molar-refractivity contribution is 1.15. The molecule has 0 amide bonds. The van der Waals surface area contributed by atoms with Gasteiger partial charge in [0.15, 0.2) is 0 Å². The zero-order valence-electron chi connectivity index (χ0n) is 6.50. The van der Waals surface area contributed by atoms with E-state index < -0.39 is 0 Å². The van der Waals surface area contributed by atoms with Crippen molar-refractivity contribution < 1.29 is 0 Å². The largest absolute Gasteiger partial charge is 0.144 e. The van der Waals surface area contributed by atoms with Crippen molar-refractivity contribution in [2.45, 2.75) is 13.3 Å². The van der Waals surface area contributed by atoms with Crippen molar-refractivity contribution in [2.75, 3.05) is 0 Å². The fourth-order valence-electron chi connectivity index (χ4n) is 1.24. The van der Waals surface area contributed by atoms with Gasteiger partial charge in [-0.25, -0.2) is 0 Å². The van der Waals surface area contributed by atoms with Gasteiger partial charge in [0, 0.05) is 4.70 Å². The minimum Gasteiger partial charge on any atom is -0.144 e. The van der Waals surface area contributed by atoms with Crippen LogP contribution in [0.3, 0.4) is 0 Å². The number of hydrogen-bond acceptors (Lipinski definition) is 1. The molecule has 0 N–H and O–H groups in total. The van der Waals surface area contributed by atoms with Crippen molar-refractivity contribution in [2.24, 2.45) is 0 Å². The lowest BCUT2D eigenvalue weighted by atomic mass is 10.1. The molecule has 1 aromatic carbocycles. The smallest absolute Gasteiger partial charge is 0.0342 e. The molecule has 0 saturated carbocycles. The van der Waals surface area contributed by atoms with Crippen LogP contribution in [-0.4, -0.2) is 0 Å². The third-order valence-electron chi connectivity index (χ3n) is 1.93. The average molecular weight is 162 g/mol. The molecule has 11 heavy (non-hydrogen) atoms. The standard InChI is InChI=1S/C10H10S/c1-2-8-3-4-10-9(7-8)5-6-11-10/h3-7H,2H2,1H3. The van der Waals surface area contributed by atoms with Gasteiger partial charge in [-0.1, -0.05) is 19.1 Å². The fraction of sp³-hybridized carbons (Fsp3) is 0.200. The van der Waals surface area contributed by atoms with E-state index in [0.717, 1.165) is 6.42 Å². The summed E-state index contributed by atoms with van der Waals surface area (Å²) in [6, 6.07) is 8.86. The number of hydrogen-bond donors (Lipinski definition) is 0. The normalized spacial score (nSPS) is 10.6. The van der Waals surface area contributed by atoms with E-state index in [9.17, 15) is 0 Å². The Morgan fingerprint density at radius 2 is 2.18 bits per heavy atom. The Balaban J connectivity index is 2.67. The van der Waals surface area contributed by atoms with E-state index >= 15 is 0 Å². The van der Waals surface area contributed by atoms with Crippen LogP contribution in [0.1, 0.15) is 12.5 Å². The summed E-state index contributed by atoms with van der Waals surface area (Å²) in [5.74, 6) is 0. The summed E-state index contributed by atoms with van der Waals surface area (Å²) in [7, 11) is 0. The van der Waals surface area contributed by atoms with Crippen LogP contribution in [-0.2, 0) is 6.42 Å². The van der Waals surface area contributed by atoms with Crippen LogP contribution in [0.5, 0.6) is 0 Å². The summed E-state index contributed by atoms with van der Waals surface area (Å²) >= 11 is 1.81. The van der Waals surface area contributed by atoms with Crippen LogP contribution in [0, 0.1) is 0 Å². The molecule has 0 fully saturated rings. The first-order valence-corrected chi connectivity index (χ1v) is 4.74. The number of fused-ring (bicyclic) bond motifs is 1. The van der Waals surface area contributed by atoms with Crippen LogP contribution < -0.4 is 0 Å². The van der Waals surface area contributed by atoms with Gasteiger partial charge < -0.3 is 0 Å². The summed E-state index contributed by atoms with van der Waals surface area (Å²) in [6.45, 7) is 2.19. The van der Waals surface area contributed by atoms with Gasteiger partial charge in [0.2, 0.25) is 0 Å². The first-order valence-electron chi connectivity index (χ1n) is 3.86. The highest BCUT2D eigenvalue weighted by Gasteiger charge is 1.94. The molecule has 56 valence electrons. The highest BCUT2D eigenvalue weighted by atomic mass is 32.1. The Hall–Kier alpha value is -0.820. The maximum atomic E-state index is 2.27. The molecule has 1 aromatic heterocycles. The second-order valence-corrected chi connectivity index (χ2v) is 3.59. The fourth-order valence-corrected chi connectivity index (χ4v) is 2.01. The highest BCUT2D eigenvalue weighted by molar-refractivity contribution is 7.17. The van der Waals surface area contributed by atoms with Crippen molar-refractivity contribution in [1.82, 2.24) is 0 Å². The van der Waals surface area contributed by atoms with Crippen LogP contribution in [0.4, 0.5) is 0 Å². The van der Waals surface area contributed by atoms with E-state index in [1.165, 1.54) is 15.6 Å². The van der Waals surface area contributed by atoms with E-state index in [4.69, 9.17) is 0 Å². The molecule has 0 bridgehead atoms. The summed E-state index contributed by atoms with van der Waals surface area (Å²) in [4.78, 5) is 0. The molecule has 0 aliphatic carbocycles. The molecule has 0 saturated heterocycles. The lowest BCUT2D eigenvalue weighted by Crippen LogP contribution is -1.76. The van der Waals surface area contributed by atoms with Gasteiger partial charge in [-0.3, -0.25) is 0 Å². The first kappa shape index (κ1) is 6.86. The van der Waals surface area contributed by atoms with E-state index in [1.807, 2.05) is 0 Å². The molecule has 0 radical (unpaired) electrons. The van der Waals surface area contributed by atoms with Crippen molar-refractivity contribution in [3.8, 4) is 0 Å². The van der Waals surface area contributed by atoms with Gasteiger partial charge in [-0.15, -0.1) is 11.3 Å². The van der Waals surface area contributed by atoms with Crippen LogP contribution in [0.2, 0.25) is 0 Å². The van der Waals surface area contributed by atoms with E-state index in [-0.39, 0.29) is 0 Å². The molecule has 1 heteroatoms. The topological polar surface area (TPSA) is 0 Å². The third kappa shape index (κ3) is 1.16. The lowest BCUT2D eigenvalue weighted by Gasteiger charge is -1.94. The zero-order chi connectivity index (χ0) is 7.68. The number of aryl methyl sites for hydroxylation is 1. The Kier molecular flexibility index (Phi) is 1.66. The molecule has 1 heterocycles. The maximum absolute atomic E-state index is 2.27. The first-order chi connectivity index (χ1) is 5.40. The van der Waals surface area contributed by atoms with Gasteiger partial charge in [0.05, 0.1) is 0 Å². The predicted octanol–water partition coefficient (Wildman–Crippen LogP) is 3.46. The van der Waals surface area contributed by atoms with Crippen molar-refractivity contribution in [3.63, 3.8) is 0 Å². The number of thiophene rings is 1. The third-order valence-corrected chi connectivity index (χ3v) is 2.82. The molecule has 0 atom stereocenters. The number of benzene rings is 1. The van der Waals surface area contributed by atoms with Gasteiger partial charge in [0.1, 0.15) is 0 Å². The number of rotatable bonds is 1. The molecule has 0 spiro atoms. The predicted molar refractivity (Wildman–Crippen MR) is 51.2 cm³/mol. The Labute approximate surface area is 70.5 Å². The summed E-state index contributed by atoms with van der Waals surface area (Å²) in [5, 5.41) is 3.53. The van der Waals surface area contributed by atoms with Crippen LogP contribution in [0.25, 0.3) is 10.1 Å². The molecule has 0 aliphatic heterocycles. The van der Waals surface area contributed by atoms with Gasteiger partial charge >= 0.3 is 0 Å². The second kappa shape index (κ2) is 2.67. The average Bonchev–Trinajstić information content (AvgIpc) is 2.50. The minimum absolute atomic E-state index is 1.13. The van der Waals surface area contributed by atoms with Gasteiger partial charge in [-0.05, 0) is 34.9 Å².